The number of benzene rings is 1. The molecule has 3 amide bonds. The van der Waals surface area contributed by atoms with Crippen molar-refractivity contribution < 1.29 is 19.1 Å². The number of hydrogen-bond donors (Lipinski definition) is 2. The Morgan fingerprint density at radius 2 is 2.05 bits per heavy atom. The molecule has 0 bridgehead atoms. The minimum atomic E-state index is -0.672. The third-order valence-corrected chi connectivity index (χ3v) is 3.29. The van der Waals surface area contributed by atoms with Gasteiger partial charge < -0.3 is 10.1 Å². The minimum Gasteiger partial charge on any atom is -0.484 e. The van der Waals surface area contributed by atoms with Crippen molar-refractivity contribution in [3.63, 3.8) is 0 Å². The number of carbonyl (C=O) groups is 3. The summed E-state index contributed by atoms with van der Waals surface area (Å²) in [5.74, 6) is -0.626. The molecular weight excluding hydrogens is 328 g/mol. The Morgan fingerprint density at radius 3 is 2.70 bits per heavy atom. The molecule has 1 saturated heterocycles. The molecule has 1 aromatic rings. The fourth-order valence-corrected chi connectivity index (χ4v) is 2.01. The van der Waals surface area contributed by atoms with Crippen molar-refractivity contribution in [2.75, 3.05) is 6.61 Å². The summed E-state index contributed by atoms with van der Waals surface area (Å²) in [7, 11) is 0. The van der Waals surface area contributed by atoms with Crippen LogP contribution in [0.1, 0.15) is 12.8 Å². The van der Waals surface area contributed by atoms with Crippen LogP contribution in [0.3, 0.4) is 0 Å². The molecule has 1 unspecified atom stereocenters. The summed E-state index contributed by atoms with van der Waals surface area (Å²) in [6, 6.07) is 6.38. The van der Waals surface area contributed by atoms with E-state index in [4.69, 9.17) is 4.74 Å². The highest BCUT2D eigenvalue weighted by Gasteiger charge is 2.27. The number of piperidine rings is 1. The fourth-order valence-electron chi connectivity index (χ4n) is 1.75. The molecule has 1 fully saturated rings. The van der Waals surface area contributed by atoms with Gasteiger partial charge in [0.25, 0.3) is 5.91 Å². The maximum absolute atomic E-state index is 11.7. The van der Waals surface area contributed by atoms with Crippen molar-refractivity contribution in [1.82, 2.24) is 10.6 Å². The third-order valence-electron chi connectivity index (χ3n) is 2.76. The Labute approximate surface area is 124 Å². The Bertz CT molecular complexity index is 530. The predicted octanol–water partition coefficient (Wildman–Crippen LogP) is 0.749. The van der Waals surface area contributed by atoms with Crippen molar-refractivity contribution in [3.05, 3.63) is 28.7 Å². The molecule has 20 heavy (non-hydrogen) atoms. The summed E-state index contributed by atoms with van der Waals surface area (Å²) in [6.45, 7) is -0.181. The first-order valence-electron chi connectivity index (χ1n) is 6.06. The zero-order valence-corrected chi connectivity index (χ0v) is 12.1. The summed E-state index contributed by atoms with van der Waals surface area (Å²) in [4.78, 5) is 34.1. The Kier molecular flexibility index (Phi) is 4.73. The summed E-state index contributed by atoms with van der Waals surface area (Å²) >= 11 is 3.30. The Balaban J connectivity index is 1.79. The molecule has 2 rings (SSSR count). The number of amides is 3. The lowest BCUT2D eigenvalue weighted by atomic mass is 10.1. The molecule has 1 aromatic carbocycles. The predicted molar refractivity (Wildman–Crippen MR) is 74.0 cm³/mol. The zero-order chi connectivity index (χ0) is 14.5. The lowest BCUT2D eigenvalue weighted by molar-refractivity contribution is -0.137. The van der Waals surface area contributed by atoms with Crippen LogP contribution >= 0.6 is 15.9 Å². The quantitative estimate of drug-likeness (QED) is 0.792. The topological polar surface area (TPSA) is 84.5 Å². The maximum Gasteiger partial charge on any atom is 0.258 e. The monoisotopic (exact) mass is 340 g/mol. The Morgan fingerprint density at radius 1 is 1.35 bits per heavy atom. The van der Waals surface area contributed by atoms with Gasteiger partial charge >= 0.3 is 0 Å². The average molecular weight is 341 g/mol. The number of halogens is 1. The van der Waals surface area contributed by atoms with Gasteiger partial charge in [-0.25, -0.2) is 0 Å². The van der Waals surface area contributed by atoms with Gasteiger partial charge in [0.1, 0.15) is 11.8 Å². The van der Waals surface area contributed by atoms with E-state index in [2.05, 4.69) is 26.6 Å². The van der Waals surface area contributed by atoms with Gasteiger partial charge in [0.2, 0.25) is 11.8 Å². The molecule has 106 valence electrons. The largest absolute Gasteiger partial charge is 0.484 e. The van der Waals surface area contributed by atoms with Gasteiger partial charge in [-0.15, -0.1) is 0 Å². The van der Waals surface area contributed by atoms with Crippen LogP contribution in [0.5, 0.6) is 5.75 Å². The molecule has 1 heterocycles. The highest BCUT2D eigenvalue weighted by molar-refractivity contribution is 9.10. The van der Waals surface area contributed by atoms with Crippen LogP contribution < -0.4 is 15.4 Å². The average Bonchev–Trinajstić information content (AvgIpc) is 2.41. The minimum absolute atomic E-state index is 0.181. The lowest BCUT2D eigenvalue weighted by Gasteiger charge is -2.21. The second kappa shape index (κ2) is 6.51. The third kappa shape index (κ3) is 4.06. The van der Waals surface area contributed by atoms with Gasteiger partial charge in [-0.05, 0) is 30.7 Å². The molecule has 0 spiro atoms. The highest BCUT2D eigenvalue weighted by Crippen LogP contribution is 2.15. The van der Waals surface area contributed by atoms with Crippen molar-refractivity contribution in [2.45, 2.75) is 18.9 Å². The molecule has 0 radical (unpaired) electrons. The van der Waals surface area contributed by atoms with E-state index in [1.54, 1.807) is 24.3 Å². The van der Waals surface area contributed by atoms with Crippen molar-refractivity contribution in [1.29, 1.82) is 0 Å². The SMILES string of the molecule is O=C1CCC(NC(=O)COc2ccc(Br)cc2)C(=O)N1. The van der Waals surface area contributed by atoms with Gasteiger partial charge in [-0.3, -0.25) is 19.7 Å². The highest BCUT2D eigenvalue weighted by atomic mass is 79.9. The van der Waals surface area contributed by atoms with Gasteiger partial charge in [0.15, 0.2) is 6.61 Å². The molecular formula is C13H13BrN2O4. The molecule has 0 aliphatic carbocycles. The molecule has 1 atom stereocenters. The van der Waals surface area contributed by atoms with Crippen molar-refractivity contribution in [2.24, 2.45) is 0 Å². The molecule has 0 aromatic heterocycles. The number of nitrogens with one attached hydrogen (secondary N) is 2. The lowest BCUT2D eigenvalue weighted by Crippen LogP contribution is -2.53. The van der Waals surface area contributed by atoms with E-state index in [1.807, 2.05) is 0 Å². The summed E-state index contributed by atoms with van der Waals surface area (Å²) in [5, 5.41) is 4.71. The van der Waals surface area contributed by atoms with Crippen molar-refractivity contribution in [3.8, 4) is 5.75 Å². The fraction of sp³-hybridized carbons (Fsp3) is 0.308. The van der Waals surface area contributed by atoms with Gasteiger partial charge in [-0.2, -0.15) is 0 Å². The van der Waals surface area contributed by atoms with Gasteiger partial charge in [0.05, 0.1) is 0 Å². The van der Waals surface area contributed by atoms with Crippen LogP contribution in [0.15, 0.2) is 28.7 Å². The number of hydrogen-bond acceptors (Lipinski definition) is 4. The molecule has 6 nitrogen and oxygen atoms in total. The first-order valence-corrected chi connectivity index (χ1v) is 6.85. The van der Waals surface area contributed by atoms with E-state index in [9.17, 15) is 14.4 Å². The van der Waals surface area contributed by atoms with Gasteiger partial charge in [-0.1, -0.05) is 15.9 Å². The van der Waals surface area contributed by atoms with E-state index in [0.29, 0.717) is 12.2 Å². The molecule has 0 saturated carbocycles. The molecule has 1 aliphatic rings. The van der Waals surface area contributed by atoms with E-state index in [0.717, 1.165) is 4.47 Å². The van der Waals surface area contributed by atoms with Crippen LogP contribution in [0.4, 0.5) is 0 Å². The van der Waals surface area contributed by atoms with Crippen LogP contribution in [-0.2, 0) is 14.4 Å². The first-order chi connectivity index (χ1) is 9.54. The second-order valence-electron chi connectivity index (χ2n) is 4.31. The van der Waals surface area contributed by atoms with Crippen LogP contribution in [0.2, 0.25) is 0 Å². The van der Waals surface area contributed by atoms with Crippen LogP contribution in [-0.4, -0.2) is 30.4 Å². The van der Waals surface area contributed by atoms with Crippen LogP contribution in [0.25, 0.3) is 0 Å². The molecule has 7 heteroatoms. The number of imide groups is 1. The van der Waals surface area contributed by atoms with Crippen molar-refractivity contribution >= 4 is 33.7 Å². The molecule has 1 aliphatic heterocycles. The maximum atomic E-state index is 11.7. The van der Waals surface area contributed by atoms with E-state index in [-0.39, 0.29) is 18.9 Å². The number of rotatable bonds is 4. The van der Waals surface area contributed by atoms with E-state index in [1.165, 1.54) is 0 Å². The van der Waals surface area contributed by atoms with E-state index < -0.39 is 17.9 Å². The van der Waals surface area contributed by atoms with E-state index >= 15 is 0 Å². The molecule has 2 N–H and O–H groups in total. The summed E-state index contributed by atoms with van der Waals surface area (Å²) in [6.07, 6.45) is 0.541. The standard InChI is InChI=1S/C13H13BrN2O4/c14-8-1-3-9(4-2-8)20-7-12(18)15-10-5-6-11(17)16-13(10)19/h1-4,10H,5-7H2,(H,15,18)(H,16,17,19). The smallest absolute Gasteiger partial charge is 0.258 e. The second-order valence-corrected chi connectivity index (χ2v) is 5.23. The summed E-state index contributed by atoms with van der Waals surface area (Å²) in [5.41, 5.74) is 0. The number of ether oxygens (including phenoxy) is 1. The normalized spacial score (nSPS) is 18.4. The Hall–Kier alpha value is -1.89. The first kappa shape index (κ1) is 14.5. The van der Waals surface area contributed by atoms with Gasteiger partial charge in [0, 0.05) is 10.9 Å². The number of carbonyl (C=O) groups excluding carboxylic acids is 3. The zero-order valence-electron chi connectivity index (χ0n) is 10.5. The van der Waals surface area contributed by atoms with Crippen LogP contribution in [0, 0.1) is 0 Å². The summed E-state index contributed by atoms with van der Waals surface area (Å²) < 4.78 is 6.20.